The number of hydrogen-bond acceptors (Lipinski definition) is 2. The first kappa shape index (κ1) is 11.4. The van der Waals surface area contributed by atoms with Gasteiger partial charge in [-0.3, -0.25) is 0 Å². The lowest BCUT2D eigenvalue weighted by Gasteiger charge is -2.35. The molecule has 1 unspecified atom stereocenters. The van der Waals surface area contributed by atoms with Crippen molar-refractivity contribution in [2.75, 3.05) is 11.4 Å². The summed E-state index contributed by atoms with van der Waals surface area (Å²) in [5.74, 6) is 0. The smallest absolute Gasteiger partial charge is 0.0953 e. The van der Waals surface area contributed by atoms with Crippen LogP contribution in [-0.2, 0) is 6.42 Å². The molecule has 2 rings (SSSR count). The van der Waals surface area contributed by atoms with Gasteiger partial charge in [-0.15, -0.1) is 0 Å². The summed E-state index contributed by atoms with van der Waals surface area (Å²) < 4.78 is 0. The molecule has 0 amide bonds. The summed E-state index contributed by atoms with van der Waals surface area (Å²) in [6.45, 7) is 5.27. The topological polar surface area (TPSA) is 29.3 Å². The molecule has 1 aromatic rings. The van der Waals surface area contributed by atoms with E-state index < -0.39 is 0 Å². The van der Waals surface area contributed by atoms with Crippen molar-refractivity contribution in [1.82, 2.24) is 0 Å². The second kappa shape index (κ2) is 4.42. The Morgan fingerprint density at radius 2 is 2.25 bits per heavy atom. The molecule has 0 radical (unpaired) electrons. The lowest BCUT2D eigenvalue weighted by Crippen LogP contribution is -2.44. The molecule has 0 aromatic heterocycles. The molecule has 0 spiro atoms. The van der Waals surface area contributed by atoms with Gasteiger partial charge in [0.15, 0.2) is 0 Å². The molecular formula is C13H18N2S. The SMILES string of the molecule is Cc1ccc2c(c1)CCCN2C(C)C(N)=S. The largest absolute Gasteiger partial charge is 0.392 e. The van der Waals surface area contributed by atoms with Gasteiger partial charge in [0.05, 0.1) is 11.0 Å². The fourth-order valence-electron chi connectivity index (χ4n) is 2.31. The summed E-state index contributed by atoms with van der Waals surface area (Å²) in [5.41, 5.74) is 9.79. The van der Waals surface area contributed by atoms with Gasteiger partial charge in [-0.1, -0.05) is 29.9 Å². The summed E-state index contributed by atoms with van der Waals surface area (Å²) in [5, 5.41) is 0. The van der Waals surface area contributed by atoms with Gasteiger partial charge in [0.2, 0.25) is 0 Å². The van der Waals surface area contributed by atoms with E-state index in [-0.39, 0.29) is 6.04 Å². The second-order valence-electron chi connectivity index (χ2n) is 4.51. The maximum atomic E-state index is 5.74. The molecule has 1 heterocycles. The third-order valence-electron chi connectivity index (χ3n) is 3.27. The molecule has 1 aliphatic heterocycles. The van der Waals surface area contributed by atoms with Crippen molar-refractivity contribution in [2.45, 2.75) is 32.7 Å². The molecule has 0 aliphatic carbocycles. The van der Waals surface area contributed by atoms with Crippen LogP contribution < -0.4 is 10.6 Å². The van der Waals surface area contributed by atoms with Gasteiger partial charge >= 0.3 is 0 Å². The van der Waals surface area contributed by atoms with Crippen molar-refractivity contribution >= 4 is 22.9 Å². The number of benzene rings is 1. The molecule has 0 bridgehead atoms. The average Bonchev–Trinajstić information content (AvgIpc) is 2.26. The molecule has 0 saturated carbocycles. The number of nitrogens with zero attached hydrogens (tertiary/aromatic N) is 1. The number of nitrogens with two attached hydrogens (primary N) is 1. The zero-order chi connectivity index (χ0) is 11.7. The highest BCUT2D eigenvalue weighted by molar-refractivity contribution is 7.80. The van der Waals surface area contributed by atoms with E-state index in [1.54, 1.807) is 0 Å². The minimum atomic E-state index is 0.150. The number of thiocarbonyl (C=S) groups is 1. The Hall–Kier alpha value is -1.09. The summed E-state index contributed by atoms with van der Waals surface area (Å²) in [7, 11) is 0. The van der Waals surface area contributed by atoms with E-state index in [4.69, 9.17) is 18.0 Å². The molecule has 0 saturated heterocycles. The van der Waals surface area contributed by atoms with Gasteiger partial charge in [-0.2, -0.15) is 0 Å². The number of anilines is 1. The molecule has 16 heavy (non-hydrogen) atoms. The van der Waals surface area contributed by atoms with Crippen LogP contribution in [0.2, 0.25) is 0 Å². The minimum Gasteiger partial charge on any atom is -0.392 e. The molecule has 86 valence electrons. The van der Waals surface area contributed by atoms with Crippen LogP contribution in [0.3, 0.4) is 0 Å². The van der Waals surface area contributed by atoms with Crippen molar-refractivity contribution < 1.29 is 0 Å². The Morgan fingerprint density at radius 3 is 2.94 bits per heavy atom. The standard InChI is InChI=1S/C13H18N2S/c1-9-5-6-12-11(8-9)4-3-7-15(12)10(2)13(14)16/h5-6,8,10H,3-4,7H2,1-2H3,(H2,14,16). The van der Waals surface area contributed by atoms with Crippen molar-refractivity contribution in [2.24, 2.45) is 5.73 Å². The quantitative estimate of drug-likeness (QED) is 0.797. The lowest BCUT2D eigenvalue weighted by molar-refractivity contribution is 0.672. The lowest BCUT2D eigenvalue weighted by atomic mass is 9.98. The first-order chi connectivity index (χ1) is 7.59. The molecular weight excluding hydrogens is 216 g/mol. The highest BCUT2D eigenvalue weighted by Gasteiger charge is 2.22. The molecule has 1 aromatic carbocycles. The van der Waals surface area contributed by atoms with Gasteiger partial charge in [0.25, 0.3) is 0 Å². The number of hydrogen-bond donors (Lipinski definition) is 1. The van der Waals surface area contributed by atoms with Crippen molar-refractivity contribution in [1.29, 1.82) is 0 Å². The van der Waals surface area contributed by atoms with E-state index >= 15 is 0 Å². The van der Waals surface area contributed by atoms with Crippen LogP contribution in [0.1, 0.15) is 24.5 Å². The van der Waals surface area contributed by atoms with Crippen LogP contribution in [0.25, 0.3) is 0 Å². The third-order valence-corrected chi connectivity index (χ3v) is 3.61. The second-order valence-corrected chi connectivity index (χ2v) is 4.98. The Balaban J connectivity index is 2.36. The maximum absolute atomic E-state index is 5.74. The fraction of sp³-hybridized carbons (Fsp3) is 0.462. The summed E-state index contributed by atoms with van der Waals surface area (Å²) in [4.78, 5) is 2.90. The molecule has 3 heteroatoms. The third kappa shape index (κ3) is 2.05. The van der Waals surface area contributed by atoms with E-state index in [2.05, 4.69) is 36.9 Å². The predicted octanol–water partition coefficient (Wildman–Crippen LogP) is 2.42. The van der Waals surface area contributed by atoms with Gasteiger partial charge in [0.1, 0.15) is 0 Å². The van der Waals surface area contributed by atoms with E-state index in [0.717, 1.165) is 13.0 Å². The average molecular weight is 234 g/mol. The first-order valence-corrected chi connectivity index (χ1v) is 6.16. The van der Waals surface area contributed by atoms with Crippen LogP contribution in [-0.4, -0.2) is 17.6 Å². The summed E-state index contributed by atoms with van der Waals surface area (Å²) in [6.07, 6.45) is 2.35. The van der Waals surface area contributed by atoms with Crippen LogP contribution in [0, 0.1) is 6.92 Å². The van der Waals surface area contributed by atoms with Gasteiger partial charge in [-0.05, 0) is 38.3 Å². The summed E-state index contributed by atoms with van der Waals surface area (Å²) >= 11 is 5.09. The fourth-order valence-corrected chi connectivity index (χ4v) is 2.44. The van der Waals surface area contributed by atoms with Gasteiger partial charge in [0, 0.05) is 12.2 Å². The Morgan fingerprint density at radius 1 is 1.50 bits per heavy atom. The van der Waals surface area contributed by atoms with E-state index in [1.807, 2.05) is 0 Å². The van der Waals surface area contributed by atoms with Crippen molar-refractivity contribution in [3.05, 3.63) is 29.3 Å². The predicted molar refractivity (Wildman–Crippen MR) is 73.1 cm³/mol. The molecule has 1 aliphatic rings. The van der Waals surface area contributed by atoms with E-state index in [0.29, 0.717) is 4.99 Å². The van der Waals surface area contributed by atoms with Crippen LogP contribution in [0.5, 0.6) is 0 Å². The van der Waals surface area contributed by atoms with Crippen molar-refractivity contribution in [3.63, 3.8) is 0 Å². The van der Waals surface area contributed by atoms with Crippen LogP contribution in [0.15, 0.2) is 18.2 Å². The monoisotopic (exact) mass is 234 g/mol. The number of aryl methyl sites for hydroxylation is 2. The molecule has 2 nitrogen and oxygen atoms in total. The Bertz CT molecular complexity index is 414. The summed E-state index contributed by atoms with van der Waals surface area (Å²) in [6, 6.07) is 6.77. The van der Waals surface area contributed by atoms with E-state index in [9.17, 15) is 0 Å². The molecule has 2 N–H and O–H groups in total. The van der Waals surface area contributed by atoms with Crippen LogP contribution >= 0.6 is 12.2 Å². The normalized spacial score (nSPS) is 16.8. The van der Waals surface area contributed by atoms with Crippen molar-refractivity contribution in [3.8, 4) is 0 Å². The molecule has 1 atom stereocenters. The Labute approximate surface area is 102 Å². The van der Waals surface area contributed by atoms with Gasteiger partial charge < -0.3 is 10.6 Å². The number of fused-ring (bicyclic) bond motifs is 1. The highest BCUT2D eigenvalue weighted by atomic mass is 32.1. The van der Waals surface area contributed by atoms with Gasteiger partial charge in [-0.25, -0.2) is 0 Å². The highest BCUT2D eigenvalue weighted by Crippen LogP contribution is 2.29. The maximum Gasteiger partial charge on any atom is 0.0953 e. The zero-order valence-electron chi connectivity index (χ0n) is 9.86. The molecule has 0 fully saturated rings. The van der Waals surface area contributed by atoms with Crippen LogP contribution in [0.4, 0.5) is 5.69 Å². The zero-order valence-corrected chi connectivity index (χ0v) is 10.7. The minimum absolute atomic E-state index is 0.150. The number of rotatable bonds is 2. The first-order valence-electron chi connectivity index (χ1n) is 5.75. The van der Waals surface area contributed by atoms with E-state index in [1.165, 1.54) is 23.2 Å². The Kier molecular flexibility index (Phi) is 3.15.